The third-order valence-electron chi connectivity index (χ3n) is 4.64. The standard InChI is InChI=1S/C18H22N4O3S/c1-3-25-14-6-4-13(5-7-14)15(21-8-10-24-11-9-21)16-17(23)22-18(26-16)19-12(2)20-22/h4-7,15,23H,3,8-11H2,1-2H3/p+1/t15-/m1/s1. The lowest BCUT2D eigenvalue weighted by Crippen LogP contribution is -3.14. The molecule has 0 saturated carbocycles. The van der Waals surface area contributed by atoms with E-state index in [1.54, 1.807) is 0 Å². The Hall–Kier alpha value is -2.16. The Kier molecular flexibility index (Phi) is 4.80. The number of benzene rings is 1. The van der Waals surface area contributed by atoms with Crippen LogP contribution in [0, 0.1) is 6.92 Å². The number of hydrogen-bond donors (Lipinski definition) is 2. The van der Waals surface area contributed by atoms with Gasteiger partial charge in [0.25, 0.3) is 0 Å². The number of morpholine rings is 1. The zero-order valence-corrected chi connectivity index (χ0v) is 15.8. The molecule has 1 aromatic carbocycles. The third-order valence-corrected chi connectivity index (χ3v) is 5.72. The number of fused-ring (bicyclic) bond motifs is 1. The molecule has 26 heavy (non-hydrogen) atoms. The number of ether oxygens (including phenoxy) is 2. The molecule has 0 amide bonds. The van der Waals surface area contributed by atoms with Crippen LogP contribution in [0.3, 0.4) is 0 Å². The summed E-state index contributed by atoms with van der Waals surface area (Å²) in [6.45, 7) is 7.69. The maximum atomic E-state index is 10.8. The predicted molar refractivity (Wildman–Crippen MR) is 98.2 cm³/mol. The van der Waals surface area contributed by atoms with Gasteiger partial charge < -0.3 is 19.5 Å². The SMILES string of the molecule is CCOc1ccc([C@H](c2sc3nc(C)nn3c2O)[NH+]2CCOCC2)cc1. The van der Waals surface area contributed by atoms with E-state index >= 15 is 0 Å². The van der Waals surface area contributed by atoms with Gasteiger partial charge in [-0.15, -0.1) is 5.10 Å². The van der Waals surface area contributed by atoms with Crippen LogP contribution in [0.5, 0.6) is 11.6 Å². The average Bonchev–Trinajstić information content (AvgIpc) is 3.16. The van der Waals surface area contributed by atoms with E-state index in [0.29, 0.717) is 12.4 Å². The van der Waals surface area contributed by atoms with E-state index in [2.05, 4.69) is 22.2 Å². The quantitative estimate of drug-likeness (QED) is 0.701. The average molecular weight is 375 g/mol. The summed E-state index contributed by atoms with van der Waals surface area (Å²) in [4.78, 5) is 7.39. The van der Waals surface area contributed by atoms with E-state index in [-0.39, 0.29) is 11.9 Å². The summed E-state index contributed by atoms with van der Waals surface area (Å²) in [5.74, 6) is 1.70. The number of hydrogen-bond acceptors (Lipinski definition) is 6. The fourth-order valence-electron chi connectivity index (χ4n) is 3.45. The van der Waals surface area contributed by atoms with Gasteiger partial charge >= 0.3 is 0 Å². The molecule has 7 nitrogen and oxygen atoms in total. The van der Waals surface area contributed by atoms with Crippen molar-refractivity contribution in [2.45, 2.75) is 19.9 Å². The first-order chi connectivity index (χ1) is 12.7. The van der Waals surface area contributed by atoms with Crippen LogP contribution in [0.1, 0.15) is 29.2 Å². The molecular weight excluding hydrogens is 352 g/mol. The Morgan fingerprint density at radius 3 is 2.69 bits per heavy atom. The summed E-state index contributed by atoms with van der Waals surface area (Å²) < 4.78 is 12.6. The van der Waals surface area contributed by atoms with E-state index in [0.717, 1.165) is 47.5 Å². The van der Waals surface area contributed by atoms with Crippen molar-refractivity contribution in [3.8, 4) is 11.6 Å². The van der Waals surface area contributed by atoms with E-state index in [4.69, 9.17) is 9.47 Å². The van der Waals surface area contributed by atoms with E-state index in [9.17, 15) is 5.11 Å². The number of aromatic nitrogens is 3. The highest BCUT2D eigenvalue weighted by Crippen LogP contribution is 2.35. The second-order valence-electron chi connectivity index (χ2n) is 6.35. The van der Waals surface area contributed by atoms with Gasteiger partial charge in [-0.25, -0.2) is 4.98 Å². The molecule has 0 radical (unpaired) electrons. The fraction of sp³-hybridized carbons (Fsp3) is 0.444. The molecule has 0 bridgehead atoms. The molecule has 1 fully saturated rings. The lowest BCUT2D eigenvalue weighted by molar-refractivity contribution is -0.932. The number of rotatable bonds is 5. The second-order valence-corrected chi connectivity index (χ2v) is 7.36. The van der Waals surface area contributed by atoms with Crippen molar-refractivity contribution in [3.05, 3.63) is 40.5 Å². The number of thiazole rings is 1. The zero-order valence-electron chi connectivity index (χ0n) is 14.9. The van der Waals surface area contributed by atoms with E-state index in [1.807, 2.05) is 26.0 Å². The Morgan fingerprint density at radius 2 is 2.04 bits per heavy atom. The zero-order chi connectivity index (χ0) is 18.1. The van der Waals surface area contributed by atoms with Gasteiger partial charge in [0.1, 0.15) is 29.5 Å². The van der Waals surface area contributed by atoms with Crippen molar-refractivity contribution < 1.29 is 19.5 Å². The molecule has 0 unspecified atom stereocenters. The summed E-state index contributed by atoms with van der Waals surface area (Å²) >= 11 is 1.50. The minimum atomic E-state index is 0.0170. The van der Waals surface area contributed by atoms with Crippen LogP contribution in [0.2, 0.25) is 0 Å². The van der Waals surface area contributed by atoms with Gasteiger partial charge in [-0.3, -0.25) is 0 Å². The maximum Gasteiger partial charge on any atom is 0.235 e. The molecule has 8 heteroatoms. The Morgan fingerprint density at radius 1 is 1.31 bits per heavy atom. The largest absolute Gasteiger partial charge is 0.494 e. The lowest BCUT2D eigenvalue weighted by atomic mass is 10.0. The summed E-state index contributed by atoms with van der Waals surface area (Å²) in [5, 5.41) is 15.1. The summed E-state index contributed by atoms with van der Waals surface area (Å²) in [5.41, 5.74) is 1.14. The van der Waals surface area contributed by atoms with Crippen LogP contribution in [-0.2, 0) is 4.74 Å². The topological polar surface area (TPSA) is 73.3 Å². The highest BCUT2D eigenvalue weighted by Gasteiger charge is 2.33. The van der Waals surface area contributed by atoms with Crippen molar-refractivity contribution >= 4 is 16.3 Å². The van der Waals surface area contributed by atoms with E-state index < -0.39 is 0 Å². The molecule has 3 aromatic rings. The minimum absolute atomic E-state index is 0.0170. The van der Waals surface area contributed by atoms with Gasteiger partial charge in [-0.2, -0.15) is 4.52 Å². The number of aromatic hydroxyl groups is 1. The minimum Gasteiger partial charge on any atom is -0.494 e. The van der Waals surface area contributed by atoms with Gasteiger partial charge in [0, 0.05) is 5.56 Å². The van der Waals surface area contributed by atoms with Crippen LogP contribution < -0.4 is 9.64 Å². The number of aryl methyl sites for hydroxylation is 1. The summed E-state index contributed by atoms with van der Waals surface area (Å²) in [6.07, 6.45) is 0. The van der Waals surface area contributed by atoms with Crippen LogP contribution >= 0.6 is 11.3 Å². The Bertz CT molecular complexity index is 884. The third kappa shape index (κ3) is 3.15. The van der Waals surface area contributed by atoms with Gasteiger partial charge in [0.2, 0.25) is 10.8 Å². The number of quaternary nitrogens is 1. The van der Waals surface area contributed by atoms with Crippen molar-refractivity contribution in [2.75, 3.05) is 32.9 Å². The highest BCUT2D eigenvalue weighted by molar-refractivity contribution is 7.17. The second kappa shape index (κ2) is 7.22. The molecule has 2 aromatic heterocycles. The molecule has 138 valence electrons. The lowest BCUT2D eigenvalue weighted by Gasteiger charge is -2.31. The highest BCUT2D eigenvalue weighted by atomic mass is 32.1. The van der Waals surface area contributed by atoms with Crippen LogP contribution in [0.15, 0.2) is 24.3 Å². The molecule has 1 aliphatic heterocycles. The normalized spacial score (nSPS) is 16.8. The van der Waals surface area contributed by atoms with Crippen LogP contribution in [-0.4, -0.2) is 52.6 Å². The molecular formula is C18H23N4O3S+. The first kappa shape index (κ1) is 17.3. The van der Waals surface area contributed by atoms with Gasteiger partial charge in [0.15, 0.2) is 6.04 Å². The molecule has 1 aliphatic rings. The molecule has 0 spiro atoms. The summed E-state index contributed by atoms with van der Waals surface area (Å²) in [7, 11) is 0. The Labute approximate surface area is 155 Å². The smallest absolute Gasteiger partial charge is 0.235 e. The van der Waals surface area contributed by atoms with Crippen molar-refractivity contribution in [1.82, 2.24) is 14.6 Å². The first-order valence-electron chi connectivity index (χ1n) is 8.87. The predicted octanol–water partition coefficient (Wildman–Crippen LogP) is 1.21. The number of nitrogens with zero attached hydrogens (tertiary/aromatic N) is 3. The number of nitrogens with one attached hydrogen (secondary N) is 1. The Balaban J connectivity index is 1.76. The molecule has 0 aliphatic carbocycles. The van der Waals surface area contributed by atoms with Crippen molar-refractivity contribution in [1.29, 1.82) is 0 Å². The fourth-order valence-corrected chi connectivity index (χ4v) is 4.64. The van der Waals surface area contributed by atoms with Crippen LogP contribution in [0.4, 0.5) is 0 Å². The molecule has 2 N–H and O–H groups in total. The monoisotopic (exact) mass is 375 g/mol. The van der Waals surface area contributed by atoms with Crippen molar-refractivity contribution in [2.24, 2.45) is 0 Å². The summed E-state index contributed by atoms with van der Waals surface area (Å²) in [6, 6.07) is 8.16. The maximum absolute atomic E-state index is 10.8. The molecule has 3 heterocycles. The molecule has 1 saturated heterocycles. The van der Waals surface area contributed by atoms with E-state index in [1.165, 1.54) is 20.8 Å². The molecule has 4 rings (SSSR count). The van der Waals surface area contributed by atoms with Gasteiger partial charge in [0.05, 0.1) is 19.8 Å². The van der Waals surface area contributed by atoms with Crippen LogP contribution in [0.25, 0.3) is 4.96 Å². The molecule has 1 atom stereocenters. The van der Waals surface area contributed by atoms with Gasteiger partial charge in [-0.1, -0.05) is 11.3 Å². The first-order valence-corrected chi connectivity index (χ1v) is 9.69. The van der Waals surface area contributed by atoms with Gasteiger partial charge in [-0.05, 0) is 38.1 Å². The van der Waals surface area contributed by atoms with Crippen molar-refractivity contribution in [3.63, 3.8) is 0 Å².